The van der Waals surface area contributed by atoms with Gasteiger partial charge in [0.25, 0.3) is 0 Å². The van der Waals surface area contributed by atoms with E-state index in [1.807, 2.05) is 4.90 Å². The maximum Gasteiger partial charge on any atom is 0.242 e. The van der Waals surface area contributed by atoms with Crippen molar-refractivity contribution in [3.63, 3.8) is 0 Å². The van der Waals surface area contributed by atoms with Gasteiger partial charge in [-0.1, -0.05) is 13.8 Å². The fourth-order valence-corrected chi connectivity index (χ4v) is 1.74. The first kappa shape index (κ1) is 12.5. The van der Waals surface area contributed by atoms with Crippen LogP contribution in [-0.4, -0.2) is 48.2 Å². The first-order chi connectivity index (χ1) is 7.15. The van der Waals surface area contributed by atoms with E-state index < -0.39 is 0 Å². The van der Waals surface area contributed by atoms with Crippen molar-refractivity contribution >= 4 is 5.91 Å². The Bertz CT molecular complexity index is 207. The van der Waals surface area contributed by atoms with Crippen LogP contribution < -0.4 is 5.32 Å². The largest absolute Gasteiger partial charge is 0.394 e. The molecule has 0 bridgehead atoms. The van der Waals surface area contributed by atoms with Gasteiger partial charge >= 0.3 is 0 Å². The van der Waals surface area contributed by atoms with Gasteiger partial charge in [-0.15, -0.1) is 0 Å². The zero-order valence-electron chi connectivity index (χ0n) is 9.70. The Hall–Kier alpha value is -0.610. The van der Waals surface area contributed by atoms with Gasteiger partial charge in [0.2, 0.25) is 5.91 Å². The van der Waals surface area contributed by atoms with Gasteiger partial charge in [0.15, 0.2) is 0 Å². The average molecular weight is 214 g/mol. The average Bonchev–Trinajstić information content (AvgIpc) is 2.37. The summed E-state index contributed by atoms with van der Waals surface area (Å²) in [4.78, 5) is 13.8. The monoisotopic (exact) mass is 214 g/mol. The van der Waals surface area contributed by atoms with Crippen LogP contribution in [-0.2, 0) is 4.79 Å². The molecule has 1 rings (SSSR count). The molecular formula is C11H22N2O2. The van der Waals surface area contributed by atoms with Crippen molar-refractivity contribution in [1.82, 2.24) is 10.2 Å². The van der Waals surface area contributed by atoms with Crippen molar-refractivity contribution in [3.8, 4) is 0 Å². The molecule has 0 aromatic carbocycles. The Morgan fingerprint density at radius 3 is 2.93 bits per heavy atom. The molecule has 1 heterocycles. The molecule has 1 fully saturated rings. The summed E-state index contributed by atoms with van der Waals surface area (Å²) in [5, 5.41) is 12.1. The third kappa shape index (κ3) is 3.80. The van der Waals surface area contributed by atoms with Crippen LogP contribution in [0.15, 0.2) is 0 Å². The first-order valence-corrected chi connectivity index (χ1v) is 5.78. The van der Waals surface area contributed by atoms with Gasteiger partial charge in [0.1, 0.15) is 6.04 Å². The van der Waals surface area contributed by atoms with Crippen LogP contribution in [0.5, 0.6) is 0 Å². The van der Waals surface area contributed by atoms with Crippen LogP contribution in [0.25, 0.3) is 0 Å². The van der Waals surface area contributed by atoms with E-state index in [1.165, 1.54) is 0 Å². The van der Waals surface area contributed by atoms with Crippen LogP contribution in [0, 0.1) is 5.92 Å². The molecule has 4 nitrogen and oxygen atoms in total. The quantitative estimate of drug-likeness (QED) is 0.703. The second kappa shape index (κ2) is 6.08. The standard InChI is InChI=1S/C11H22N2O2/c1-9(2)4-7-13-6-3-5-12-10(8-14)11(13)15/h9-10,12,14H,3-8H2,1-2H3. The summed E-state index contributed by atoms with van der Waals surface area (Å²) in [7, 11) is 0. The highest BCUT2D eigenvalue weighted by atomic mass is 16.3. The minimum absolute atomic E-state index is 0.0515. The van der Waals surface area contributed by atoms with Crippen molar-refractivity contribution in [2.45, 2.75) is 32.7 Å². The van der Waals surface area contributed by atoms with Crippen LogP contribution in [0.3, 0.4) is 0 Å². The molecule has 0 aromatic heterocycles. The van der Waals surface area contributed by atoms with Crippen molar-refractivity contribution in [1.29, 1.82) is 0 Å². The fourth-order valence-electron chi connectivity index (χ4n) is 1.74. The predicted octanol–water partition coefficient (Wildman–Crippen LogP) is 0.215. The Kier molecular flexibility index (Phi) is 5.05. The van der Waals surface area contributed by atoms with E-state index in [0.717, 1.165) is 32.5 Å². The molecule has 1 aliphatic heterocycles. The number of hydrogen-bond donors (Lipinski definition) is 2. The maximum absolute atomic E-state index is 11.9. The smallest absolute Gasteiger partial charge is 0.242 e. The first-order valence-electron chi connectivity index (χ1n) is 5.78. The van der Waals surface area contributed by atoms with E-state index in [0.29, 0.717) is 5.92 Å². The van der Waals surface area contributed by atoms with E-state index >= 15 is 0 Å². The molecule has 88 valence electrons. The number of nitrogens with one attached hydrogen (secondary N) is 1. The second-order valence-corrected chi connectivity index (χ2v) is 4.55. The Morgan fingerprint density at radius 2 is 2.33 bits per heavy atom. The van der Waals surface area contributed by atoms with Crippen LogP contribution in [0.2, 0.25) is 0 Å². The van der Waals surface area contributed by atoms with E-state index in [1.54, 1.807) is 0 Å². The van der Waals surface area contributed by atoms with Gasteiger partial charge in [-0.3, -0.25) is 4.79 Å². The predicted molar refractivity (Wildman–Crippen MR) is 59.5 cm³/mol. The molecule has 1 amide bonds. The molecular weight excluding hydrogens is 192 g/mol. The van der Waals surface area contributed by atoms with Gasteiger partial charge in [0.05, 0.1) is 6.61 Å². The summed E-state index contributed by atoms with van der Waals surface area (Å²) in [6.45, 7) is 6.66. The third-order valence-electron chi connectivity index (χ3n) is 2.76. The van der Waals surface area contributed by atoms with Crippen molar-refractivity contribution < 1.29 is 9.90 Å². The van der Waals surface area contributed by atoms with Gasteiger partial charge < -0.3 is 15.3 Å². The molecule has 4 heteroatoms. The topological polar surface area (TPSA) is 52.6 Å². The highest BCUT2D eigenvalue weighted by Gasteiger charge is 2.25. The van der Waals surface area contributed by atoms with Gasteiger partial charge in [-0.2, -0.15) is 0 Å². The lowest BCUT2D eigenvalue weighted by Gasteiger charge is -2.24. The number of aliphatic hydroxyl groups is 1. The second-order valence-electron chi connectivity index (χ2n) is 4.55. The highest BCUT2D eigenvalue weighted by molar-refractivity contribution is 5.82. The summed E-state index contributed by atoms with van der Waals surface area (Å²) in [6.07, 6.45) is 2.00. The number of nitrogens with zero attached hydrogens (tertiary/aromatic N) is 1. The summed E-state index contributed by atoms with van der Waals surface area (Å²) >= 11 is 0. The molecule has 0 aromatic rings. The molecule has 1 atom stereocenters. The number of rotatable bonds is 4. The molecule has 15 heavy (non-hydrogen) atoms. The molecule has 0 spiro atoms. The van der Waals surface area contributed by atoms with Crippen LogP contribution in [0.1, 0.15) is 26.7 Å². The van der Waals surface area contributed by atoms with E-state index in [4.69, 9.17) is 5.11 Å². The number of carbonyl (C=O) groups is 1. The third-order valence-corrected chi connectivity index (χ3v) is 2.76. The lowest BCUT2D eigenvalue weighted by atomic mass is 10.1. The normalized spacial score (nSPS) is 23.3. The van der Waals surface area contributed by atoms with Crippen molar-refractivity contribution in [2.24, 2.45) is 5.92 Å². The fraction of sp³-hybridized carbons (Fsp3) is 0.909. The zero-order valence-corrected chi connectivity index (χ0v) is 9.70. The zero-order chi connectivity index (χ0) is 11.3. The van der Waals surface area contributed by atoms with Crippen molar-refractivity contribution in [2.75, 3.05) is 26.2 Å². The highest BCUT2D eigenvalue weighted by Crippen LogP contribution is 2.07. The van der Waals surface area contributed by atoms with Crippen LogP contribution in [0.4, 0.5) is 0 Å². The van der Waals surface area contributed by atoms with E-state index in [9.17, 15) is 4.79 Å². The van der Waals surface area contributed by atoms with Gasteiger partial charge in [-0.05, 0) is 25.3 Å². The summed E-state index contributed by atoms with van der Waals surface area (Å²) < 4.78 is 0. The molecule has 2 N–H and O–H groups in total. The number of amides is 1. The molecule has 1 saturated heterocycles. The van der Waals surface area contributed by atoms with Crippen molar-refractivity contribution in [3.05, 3.63) is 0 Å². The summed E-state index contributed by atoms with van der Waals surface area (Å²) in [6, 6.07) is -0.389. The number of carbonyl (C=O) groups excluding carboxylic acids is 1. The molecule has 0 saturated carbocycles. The van der Waals surface area contributed by atoms with Gasteiger partial charge in [0, 0.05) is 13.1 Å². The molecule has 1 aliphatic rings. The molecule has 0 radical (unpaired) electrons. The summed E-state index contributed by atoms with van der Waals surface area (Å²) in [5.41, 5.74) is 0. The minimum atomic E-state index is -0.389. The van der Waals surface area contributed by atoms with Crippen LogP contribution >= 0.6 is 0 Å². The van der Waals surface area contributed by atoms with Gasteiger partial charge in [-0.25, -0.2) is 0 Å². The Morgan fingerprint density at radius 1 is 1.60 bits per heavy atom. The molecule has 1 unspecified atom stereocenters. The van der Waals surface area contributed by atoms with E-state index in [-0.39, 0.29) is 18.6 Å². The number of hydrogen-bond acceptors (Lipinski definition) is 3. The minimum Gasteiger partial charge on any atom is -0.394 e. The Labute approximate surface area is 91.6 Å². The van der Waals surface area contributed by atoms with E-state index in [2.05, 4.69) is 19.2 Å². The lowest BCUT2D eigenvalue weighted by molar-refractivity contribution is -0.133. The Balaban J connectivity index is 2.49. The number of aliphatic hydroxyl groups excluding tert-OH is 1. The molecule has 0 aliphatic carbocycles. The maximum atomic E-state index is 11.9. The SMILES string of the molecule is CC(C)CCN1CCCNC(CO)C1=O. The summed E-state index contributed by atoms with van der Waals surface area (Å²) in [5.74, 6) is 0.664. The lowest BCUT2D eigenvalue weighted by Crippen LogP contribution is -2.46.